The Bertz CT molecular complexity index is 685. The number of carbonyl (C=O) groups is 1. The molecule has 0 atom stereocenters. The molecule has 2 rings (SSSR count). The van der Waals surface area contributed by atoms with Crippen molar-refractivity contribution in [3.05, 3.63) is 69.8 Å². The first kappa shape index (κ1) is 15.3. The first-order valence-corrected chi connectivity index (χ1v) is 7.02. The van der Waals surface area contributed by atoms with E-state index < -0.39 is 0 Å². The van der Waals surface area contributed by atoms with Crippen LogP contribution >= 0.6 is 11.6 Å². The molecule has 0 aliphatic carbocycles. The molecule has 2 nitrogen and oxygen atoms in total. The van der Waals surface area contributed by atoms with Gasteiger partial charge in [0.25, 0.3) is 0 Å². The number of methoxy groups -OCH3 is 1. The van der Waals surface area contributed by atoms with Crippen molar-refractivity contribution in [1.82, 2.24) is 0 Å². The minimum absolute atomic E-state index is 0.197. The van der Waals surface area contributed by atoms with Crippen molar-refractivity contribution in [1.29, 1.82) is 0 Å². The van der Waals surface area contributed by atoms with Crippen LogP contribution in [0.4, 0.5) is 0 Å². The predicted octanol–water partition coefficient (Wildman–Crippen LogP) is 4.77. The van der Waals surface area contributed by atoms with Crippen LogP contribution in [0.25, 0.3) is 6.08 Å². The average Bonchev–Trinajstić information content (AvgIpc) is 2.50. The largest absolute Gasteiger partial charge is 0.497 e. The summed E-state index contributed by atoms with van der Waals surface area (Å²) in [5.74, 6) is 0.512. The lowest BCUT2D eigenvalue weighted by Gasteiger charge is -2.04. The van der Waals surface area contributed by atoms with Crippen LogP contribution in [0, 0.1) is 13.8 Å². The van der Waals surface area contributed by atoms with Gasteiger partial charge in [-0.25, -0.2) is 0 Å². The van der Waals surface area contributed by atoms with E-state index in [0.717, 1.165) is 5.56 Å². The molecule has 108 valence electrons. The van der Waals surface area contributed by atoms with Crippen LogP contribution in [0.3, 0.4) is 0 Å². The molecular weight excluding hydrogens is 284 g/mol. The minimum Gasteiger partial charge on any atom is -0.497 e. The smallest absolute Gasteiger partial charge is 0.204 e. The second-order valence-electron chi connectivity index (χ2n) is 4.89. The van der Waals surface area contributed by atoms with Crippen molar-refractivity contribution in [3.8, 4) is 5.75 Å². The predicted molar refractivity (Wildman–Crippen MR) is 87.1 cm³/mol. The van der Waals surface area contributed by atoms with Gasteiger partial charge in [0.05, 0.1) is 12.1 Å². The average molecular weight is 301 g/mol. The summed E-state index contributed by atoms with van der Waals surface area (Å²) < 4.78 is 5.07. The third kappa shape index (κ3) is 3.73. The summed E-state index contributed by atoms with van der Waals surface area (Å²) in [7, 11) is 1.59. The van der Waals surface area contributed by atoms with Gasteiger partial charge in [-0.15, -0.1) is 0 Å². The van der Waals surface area contributed by atoms with Gasteiger partial charge in [0, 0.05) is 5.56 Å². The Hall–Kier alpha value is -2.06. The molecule has 0 saturated heterocycles. The number of aryl methyl sites for hydroxylation is 2. The molecule has 0 aromatic heterocycles. The van der Waals surface area contributed by atoms with Crippen LogP contribution < -0.4 is 4.74 Å². The number of rotatable bonds is 4. The fraction of sp³-hybridized carbons (Fsp3) is 0.167. The molecular formula is C18H17ClO2. The van der Waals surface area contributed by atoms with E-state index in [1.807, 2.05) is 32.0 Å². The molecule has 0 unspecified atom stereocenters. The van der Waals surface area contributed by atoms with E-state index in [4.69, 9.17) is 16.3 Å². The van der Waals surface area contributed by atoms with Crippen molar-refractivity contribution in [2.75, 3.05) is 7.11 Å². The second-order valence-corrected chi connectivity index (χ2v) is 5.30. The molecule has 2 aromatic carbocycles. The van der Waals surface area contributed by atoms with Gasteiger partial charge < -0.3 is 4.74 Å². The Morgan fingerprint density at radius 3 is 2.29 bits per heavy atom. The maximum Gasteiger partial charge on any atom is 0.204 e. The fourth-order valence-electron chi connectivity index (χ4n) is 1.95. The van der Waals surface area contributed by atoms with Crippen LogP contribution in [-0.2, 0) is 0 Å². The normalized spacial score (nSPS) is 11.3. The van der Waals surface area contributed by atoms with Gasteiger partial charge >= 0.3 is 0 Å². The van der Waals surface area contributed by atoms with E-state index in [0.29, 0.717) is 11.3 Å². The Morgan fingerprint density at radius 1 is 1.05 bits per heavy atom. The van der Waals surface area contributed by atoms with E-state index in [9.17, 15) is 4.79 Å². The molecule has 0 fully saturated rings. The number of benzene rings is 2. The summed E-state index contributed by atoms with van der Waals surface area (Å²) in [6, 6.07) is 12.9. The van der Waals surface area contributed by atoms with Crippen molar-refractivity contribution >= 4 is 23.5 Å². The second kappa shape index (κ2) is 6.59. The molecule has 0 radical (unpaired) electrons. The van der Waals surface area contributed by atoms with E-state index in [-0.39, 0.29) is 10.8 Å². The maximum atomic E-state index is 12.3. The van der Waals surface area contributed by atoms with Gasteiger partial charge in [0.2, 0.25) is 5.78 Å². The molecule has 0 N–H and O–H groups in total. The lowest BCUT2D eigenvalue weighted by atomic mass is 10.0. The number of carbonyl (C=O) groups excluding carboxylic acids is 1. The summed E-state index contributed by atoms with van der Waals surface area (Å²) >= 11 is 6.15. The lowest BCUT2D eigenvalue weighted by molar-refractivity contribution is 0.104. The monoisotopic (exact) mass is 300 g/mol. The van der Waals surface area contributed by atoms with Gasteiger partial charge in [-0.2, -0.15) is 0 Å². The van der Waals surface area contributed by atoms with Crippen molar-refractivity contribution in [3.63, 3.8) is 0 Å². The first-order chi connectivity index (χ1) is 10.0. The topological polar surface area (TPSA) is 26.3 Å². The third-order valence-electron chi connectivity index (χ3n) is 3.39. The van der Waals surface area contributed by atoms with E-state index in [2.05, 4.69) is 0 Å². The number of halogens is 1. The molecule has 2 aromatic rings. The number of ketones is 1. The summed E-state index contributed by atoms with van der Waals surface area (Å²) in [5.41, 5.74) is 3.85. The van der Waals surface area contributed by atoms with Gasteiger partial charge in [-0.1, -0.05) is 29.8 Å². The Balaban J connectivity index is 2.24. The zero-order chi connectivity index (χ0) is 15.4. The molecule has 3 heteroatoms. The van der Waals surface area contributed by atoms with Crippen molar-refractivity contribution < 1.29 is 9.53 Å². The van der Waals surface area contributed by atoms with E-state index in [1.165, 1.54) is 11.1 Å². The number of ether oxygens (including phenoxy) is 1. The third-order valence-corrected chi connectivity index (χ3v) is 3.67. The molecule has 0 saturated carbocycles. The van der Waals surface area contributed by atoms with Crippen LogP contribution in [0.1, 0.15) is 27.0 Å². The zero-order valence-corrected chi connectivity index (χ0v) is 13.1. The first-order valence-electron chi connectivity index (χ1n) is 6.64. The van der Waals surface area contributed by atoms with Gasteiger partial charge in [-0.05, 0) is 60.9 Å². The van der Waals surface area contributed by atoms with Crippen LogP contribution in [0.15, 0.2) is 47.5 Å². The molecule has 0 spiro atoms. The molecule has 0 amide bonds. The molecule has 0 heterocycles. The van der Waals surface area contributed by atoms with Crippen LogP contribution in [0.5, 0.6) is 5.75 Å². The van der Waals surface area contributed by atoms with Crippen LogP contribution in [-0.4, -0.2) is 12.9 Å². The molecule has 21 heavy (non-hydrogen) atoms. The summed E-state index contributed by atoms with van der Waals surface area (Å²) in [4.78, 5) is 12.3. The summed E-state index contributed by atoms with van der Waals surface area (Å²) in [6.45, 7) is 4.08. The van der Waals surface area contributed by atoms with Gasteiger partial charge in [0.15, 0.2) is 0 Å². The minimum atomic E-state index is -0.197. The molecule has 0 aliphatic heterocycles. The quantitative estimate of drug-likeness (QED) is 0.600. The fourth-order valence-corrected chi connectivity index (χ4v) is 2.18. The lowest BCUT2D eigenvalue weighted by Crippen LogP contribution is -1.99. The van der Waals surface area contributed by atoms with E-state index in [1.54, 1.807) is 37.5 Å². The molecule has 0 bridgehead atoms. The number of hydrogen-bond donors (Lipinski definition) is 0. The van der Waals surface area contributed by atoms with E-state index >= 15 is 0 Å². The van der Waals surface area contributed by atoms with Crippen LogP contribution in [0.2, 0.25) is 0 Å². The summed E-state index contributed by atoms with van der Waals surface area (Å²) in [6.07, 6.45) is 1.70. The highest BCUT2D eigenvalue weighted by Gasteiger charge is 2.10. The van der Waals surface area contributed by atoms with Crippen molar-refractivity contribution in [2.45, 2.75) is 13.8 Å². The highest BCUT2D eigenvalue weighted by molar-refractivity contribution is 6.47. The maximum absolute atomic E-state index is 12.3. The zero-order valence-electron chi connectivity index (χ0n) is 12.3. The Kier molecular flexibility index (Phi) is 4.81. The molecule has 0 aliphatic rings. The number of hydrogen-bond acceptors (Lipinski definition) is 2. The number of Topliss-reactive ketones (excluding diaryl/α,β-unsaturated/α-hetero) is 1. The summed E-state index contributed by atoms with van der Waals surface area (Å²) in [5, 5.41) is 0.198. The Labute approximate surface area is 130 Å². The SMILES string of the molecule is COc1ccc(C(=O)/C(Cl)=C/c2ccc(C)c(C)c2)cc1. The highest BCUT2D eigenvalue weighted by Crippen LogP contribution is 2.20. The number of allylic oxidation sites excluding steroid dienone is 1. The van der Waals surface area contributed by atoms with Gasteiger partial charge in [-0.3, -0.25) is 4.79 Å². The Morgan fingerprint density at radius 2 is 1.71 bits per heavy atom. The standard InChI is InChI=1S/C18H17ClO2/c1-12-4-5-14(10-13(12)2)11-17(19)18(20)15-6-8-16(21-3)9-7-15/h4-11H,1-3H3/b17-11-. The highest BCUT2D eigenvalue weighted by atomic mass is 35.5. The van der Waals surface area contributed by atoms with Gasteiger partial charge in [0.1, 0.15) is 5.75 Å². The van der Waals surface area contributed by atoms with Crippen molar-refractivity contribution in [2.24, 2.45) is 0 Å².